The number of hydrogen-bond donors (Lipinski definition) is 0. The molecule has 1 rings (SSSR count). The van der Waals surface area contributed by atoms with Gasteiger partial charge in [0.25, 0.3) is 0 Å². The van der Waals surface area contributed by atoms with Crippen LogP contribution in [0.4, 0.5) is 0 Å². The van der Waals surface area contributed by atoms with Crippen molar-refractivity contribution in [2.45, 2.75) is 20.3 Å². The van der Waals surface area contributed by atoms with Crippen LogP contribution in [0.25, 0.3) is 0 Å². The molecule has 0 spiro atoms. The van der Waals surface area contributed by atoms with Gasteiger partial charge < -0.3 is 0 Å². The molecule has 0 aromatic heterocycles. The Morgan fingerprint density at radius 1 is 1.43 bits per heavy atom. The van der Waals surface area contributed by atoms with Crippen LogP contribution in [-0.4, -0.2) is 5.78 Å². The third-order valence-electron chi connectivity index (χ3n) is 2.12. The van der Waals surface area contributed by atoms with E-state index in [1.54, 1.807) is 6.92 Å². The summed E-state index contributed by atoms with van der Waals surface area (Å²) in [6.07, 6.45) is 0.745. The molecule has 2 heteroatoms. The van der Waals surface area contributed by atoms with Gasteiger partial charge in [-0.1, -0.05) is 24.3 Å². The van der Waals surface area contributed by atoms with E-state index in [0.29, 0.717) is 0 Å². The van der Waals surface area contributed by atoms with Crippen molar-refractivity contribution in [3.63, 3.8) is 0 Å². The van der Waals surface area contributed by atoms with Crippen LogP contribution in [-0.2, 0) is 6.42 Å². The van der Waals surface area contributed by atoms with Crippen molar-refractivity contribution >= 4 is 5.78 Å². The van der Waals surface area contributed by atoms with Gasteiger partial charge in [-0.3, -0.25) is 4.79 Å². The summed E-state index contributed by atoms with van der Waals surface area (Å²) >= 11 is 0. The number of carbonyl (C=O) groups is 1. The Morgan fingerprint density at radius 3 is 2.43 bits per heavy atom. The summed E-state index contributed by atoms with van der Waals surface area (Å²) in [7, 11) is 0. The normalized spacial score (nSPS) is 11.8. The van der Waals surface area contributed by atoms with Gasteiger partial charge in [-0.2, -0.15) is 5.26 Å². The van der Waals surface area contributed by atoms with Crippen LogP contribution in [0, 0.1) is 17.2 Å². The largest absolute Gasteiger partial charge is 0.295 e. The van der Waals surface area contributed by atoms with Gasteiger partial charge in [0.1, 0.15) is 0 Å². The van der Waals surface area contributed by atoms with E-state index >= 15 is 0 Å². The zero-order chi connectivity index (χ0) is 10.6. The van der Waals surface area contributed by atoms with Crippen LogP contribution < -0.4 is 0 Å². The Balaban J connectivity index is 2.75. The van der Waals surface area contributed by atoms with Gasteiger partial charge in [0, 0.05) is 11.5 Å². The van der Waals surface area contributed by atoms with Gasteiger partial charge in [-0.15, -0.1) is 0 Å². The first-order chi connectivity index (χ1) is 6.63. The molecule has 14 heavy (non-hydrogen) atoms. The predicted octanol–water partition coefficient (Wildman–Crippen LogP) is 2.59. The molecule has 0 unspecified atom stereocenters. The van der Waals surface area contributed by atoms with Gasteiger partial charge in [-0.25, -0.2) is 0 Å². The summed E-state index contributed by atoms with van der Waals surface area (Å²) < 4.78 is 0. The standard InChI is InChI=1S/C12H13NO/c1-9(8-13)7-11-3-5-12(6-4-11)10(2)14/h3-6,9H,7H2,1-2H3/t9-/m0/s1. The number of hydrogen-bond acceptors (Lipinski definition) is 2. The fraction of sp³-hybridized carbons (Fsp3) is 0.333. The highest BCUT2D eigenvalue weighted by molar-refractivity contribution is 5.93. The van der Waals surface area contributed by atoms with Crippen molar-refractivity contribution in [3.05, 3.63) is 35.4 Å². The molecule has 0 aliphatic carbocycles. The predicted molar refractivity (Wildman–Crippen MR) is 54.9 cm³/mol. The maximum absolute atomic E-state index is 11.0. The summed E-state index contributed by atoms with van der Waals surface area (Å²) in [6, 6.07) is 9.61. The number of nitriles is 1. The lowest BCUT2D eigenvalue weighted by molar-refractivity contribution is 0.101. The molecule has 0 heterocycles. The number of ketones is 1. The van der Waals surface area contributed by atoms with Crippen molar-refractivity contribution < 1.29 is 4.79 Å². The summed E-state index contributed by atoms with van der Waals surface area (Å²) in [6.45, 7) is 3.44. The number of Topliss-reactive ketones (excluding diaryl/α,β-unsaturated/α-hetero) is 1. The fourth-order valence-corrected chi connectivity index (χ4v) is 1.27. The molecule has 1 aromatic rings. The maximum Gasteiger partial charge on any atom is 0.159 e. The smallest absolute Gasteiger partial charge is 0.159 e. The Labute approximate surface area is 84.2 Å². The zero-order valence-electron chi connectivity index (χ0n) is 8.45. The second kappa shape index (κ2) is 4.57. The molecule has 2 nitrogen and oxygen atoms in total. The topological polar surface area (TPSA) is 40.9 Å². The Kier molecular flexibility index (Phi) is 3.41. The zero-order valence-corrected chi connectivity index (χ0v) is 8.45. The highest BCUT2D eigenvalue weighted by Crippen LogP contribution is 2.09. The number of nitrogens with zero attached hydrogens (tertiary/aromatic N) is 1. The van der Waals surface area contributed by atoms with Gasteiger partial charge in [0.2, 0.25) is 0 Å². The van der Waals surface area contributed by atoms with E-state index in [1.807, 2.05) is 31.2 Å². The van der Waals surface area contributed by atoms with E-state index in [0.717, 1.165) is 17.5 Å². The summed E-state index contributed by atoms with van der Waals surface area (Å²) in [4.78, 5) is 11.0. The third-order valence-corrected chi connectivity index (χ3v) is 2.12. The highest BCUT2D eigenvalue weighted by Gasteiger charge is 2.02. The molecule has 0 fully saturated rings. The molecule has 1 aromatic carbocycles. The van der Waals surface area contributed by atoms with Crippen molar-refractivity contribution in [2.75, 3.05) is 0 Å². The quantitative estimate of drug-likeness (QED) is 0.682. The van der Waals surface area contributed by atoms with E-state index in [-0.39, 0.29) is 11.7 Å². The SMILES string of the molecule is CC(=O)c1ccc(C[C@H](C)C#N)cc1. The van der Waals surface area contributed by atoms with E-state index in [2.05, 4.69) is 6.07 Å². The van der Waals surface area contributed by atoms with E-state index in [4.69, 9.17) is 5.26 Å². The maximum atomic E-state index is 11.0. The van der Waals surface area contributed by atoms with E-state index in [1.165, 1.54) is 0 Å². The monoisotopic (exact) mass is 187 g/mol. The molecule has 0 radical (unpaired) electrons. The first kappa shape index (κ1) is 10.5. The van der Waals surface area contributed by atoms with Crippen LogP contribution in [0.2, 0.25) is 0 Å². The molecule has 72 valence electrons. The molecule has 0 amide bonds. The number of carbonyl (C=O) groups excluding carboxylic acids is 1. The van der Waals surface area contributed by atoms with E-state index in [9.17, 15) is 4.79 Å². The molecule has 0 saturated carbocycles. The first-order valence-electron chi connectivity index (χ1n) is 4.63. The lowest BCUT2D eigenvalue weighted by Gasteiger charge is -2.03. The van der Waals surface area contributed by atoms with Crippen LogP contribution in [0.1, 0.15) is 29.8 Å². The molecular formula is C12H13NO. The van der Waals surface area contributed by atoms with Gasteiger partial charge >= 0.3 is 0 Å². The molecule has 1 atom stereocenters. The summed E-state index contributed by atoms with van der Waals surface area (Å²) in [5.74, 6) is 0.100. The highest BCUT2D eigenvalue weighted by atomic mass is 16.1. The Hall–Kier alpha value is -1.62. The lowest BCUT2D eigenvalue weighted by Crippen LogP contribution is -1.97. The minimum Gasteiger partial charge on any atom is -0.295 e. The molecule has 0 bridgehead atoms. The Morgan fingerprint density at radius 2 is 2.00 bits per heavy atom. The minimum atomic E-state index is 0.0261. The number of benzene rings is 1. The van der Waals surface area contributed by atoms with E-state index < -0.39 is 0 Å². The van der Waals surface area contributed by atoms with Gasteiger partial charge in [-0.05, 0) is 25.8 Å². The molecule has 0 N–H and O–H groups in total. The Bertz CT molecular complexity index is 359. The average Bonchev–Trinajstić information content (AvgIpc) is 2.18. The molecule has 0 aliphatic heterocycles. The lowest BCUT2D eigenvalue weighted by atomic mass is 10.0. The fourth-order valence-electron chi connectivity index (χ4n) is 1.27. The summed E-state index contributed by atoms with van der Waals surface area (Å²) in [5, 5.41) is 8.63. The molecule has 0 aliphatic rings. The average molecular weight is 187 g/mol. The number of rotatable bonds is 3. The second-order valence-electron chi connectivity index (χ2n) is 3.49. The molecule has 0 saturated heterocycles. The van der Waals surface area contributed by atoms with Gasteiger partial charge in [0.15, 0.2) is 5.78 Å². The van der Waals surface area contributed by atoms with Crippen LogP contribution >= 0.6 is 0 Å². The first-order valence-corrected chi connectivity index (χ1v) is 4.63. The van der Waals surface area contributed by atoms with Crippen LogP contribution in [0.5, 0.6) is 0 Å². The van der Waals surface area contributed by atoms with Crippen LogP contribution in [0.3, 0.4) is 0 Å². The van der Waals surface area contributed by atoms with Gasteiger partial charge in [0.05, 0.1) is 6.07 Å². The van der Waals surface area contributed by atoms with Crippen molar-refractivity contribution in [1.29, 1.82) is 5.26 Å². The second-order valence-corrected chi connectivity index (χ2v) is 3.49. The van der Waals surface area contributed by atoms with Crippen molar-refractivity contribution in [2.24, 2.45) is 5.92 Å². The summed E-state index contributed by atoms with van der Waals surface area (Å²) in [5.41, 5.74) is 1.82. The van der Waals surface area contributed by atoms with Crippen molar-refractivity contribution in [1.82, 2.24) is 0 Å². The molecular weight excluding hydrogens is 174 g/mol. The minimum absolute atomic E-state index is 0.0261. The van der Waals surface area contributed by atoms with Crippen molar-refractivity contribution in [3.8, 4) is 6.07 Å². The van der Waals surface area contributed by atoms with Crippen LogP contribution in [0.15, 0.2) is 24.3 Å². The third kappa shape index (κ3) is 2.70.